The Morgan fingerprint density at radius 2 is 2.00 bits per heavy atom. The van der Waals surface area contributed by atoms with Crippen LogP contribution < -0.4 is 15.4 Å². The van der Waals surface area contributed by atoms with E-state index in [4.69, 9.17) is 15.5 Å². The van der Waals surface area contributed by atoms with E-state index in [2.05, 4.69) is 23.0 Å². The fraction of sp³-hybridized carbons (Fsp3) is 0.481. The lowest BCUT2D eigenvalue weighted by atomic mass is 9.68. The van der Waals surface area contributed by atoms with Crippen molar-refractivity contribution in [2.45, 2.75) is 57.9 Å². The van der Waals surface area contributed by atoms with Crippen molar-refractivity contribution in [2.75, 3.05) is 24.6 Å². The molecule has 0 spiro atoms. The number of piperidine rings is 1. The summed E-state index contributed by atoms with van der Waals surface area (Å²) in [6.45, 7) is 6.42. The summed E-state index contributed by atoms with van der Waals surface area (Å²) in [7, 11) is 0. The molecule has 0 amide bonds. The van der Waals surface area contributed by atoms with Gasteiger partial charge in [-0.15, -0.1) is 0 Å². The van der Waals surface area contributed by atoms with Gasteiger partial charge in [-0.2, -0.15) is 10.4 Å². The minimum atomic E-state index is -0.566. The van der Waals surface area contributed by atoms with Gasteiger partial charge in [0.15, 0.2) is 5.78 Å². The summed E-state index contributed by atoms with van der Waals surface area (Å²) >= 11 is 0. The van der Waals surface area contributed by atoms with E-state index >= 15 is 0 Å². The first-order valence-electron chi connectivity index (χ1n) is 12.4. The van der Waals surface area contributed by atoms with Gasteiger partial charge in [-0.1, -0.05) is 6.92 Å². The molecule has 1 aliphatic carbocycles. The molecule has 4 heterocycles. The van der Waals surface area contributed by atoms with Crippen molar-refractivity contribution in [3.63, 3.8) is 0 Å². The maximum atomic E-state index is 12.7. The van der Waals surface area contributed by atoms with Crippen LogP contribution in [0, 0.1) is 16.7 Å². The minimum Gasteiger partial charge on any atom is -0.492 e. The number of pyridine rings is 2. The number of rotatable bonds is 7. The number of anilines is 1. The lowest BCUT2D eigenvalue weighted by Crippen LogP contribution is -2.55. The highest BCUT2D eigenvalue weighted by Crippen LogP contribution is 2.40. The van der Waals surface area contributed by atoms with E-state index in [1.54, 1.807) is 16.9 Å². The molecule has 1 aliphatic heterocycles. The highest BCUT2D eigenvalue weighted by atomic mass is 16.5. The molecule has 0 bridgehead atoms. The van der Waals surface area contributed by atoms with E-state index in [0.29, 0.717) is 24.3 Å². The zero-order chi connectivity index (χ0) is 24.6. The van der Waals surface area contributed by atoms with Gasteiger partial charge in [-0.05, 0) is 62.6 Å². The molecule has 8 heteroatoms. The maximum Gasteiger partial charge on any atom is 0.153 e. The lowest BCUT2D eigenvalue weighted by Gasteiger charge is -2.43. The normalized spacial score (nSPS) is 18.6. The Morgan fingerprint density at radius 3 is 2.60 bits per heavy atom. The Balaban J connectivity index is 1.32. The van der Waals surface area contributed by atoms with Crippen LogP contribution in [0.5, 0.6) is 5.75 Å². The maximum absolute atomic E-state index is 12.7. The number of aromatic nitrogens is 3. The second-order valence-corrected chi connectivity index (χ2v) is 10.3. The standard InChI is InChI=1S/C27H32N6O2/c1-3-35-21-13-22(25-20(15-28)17-31-33(25)18-21)19-5-6-24(30-16-19)32-11-9-26(2,10-12-32)14-23(34)27(29)7-4-8-27/h5-6,13,16-18H,3-4,7-12,14,29H2,1-2H3. The number of ketones is 1. The van der Waals surface area contributed by atoms with Crippen LogP contribution in [0.2, 0.25) is 0 Å². The number of nitriles is 1. The number of nitrogens with two attached hydrogens (primary N) is 1. The van der Waals surface area contributed by atoms with Crippen molar-refractivity contribution < 1.29 is 9.53 Å². The summed E-state index contributed by atoms with van der Waals surface area (Å²) in [4.78, 5) is 19.8. The number of hydrogen-bond donors (Lipinski definition) is 1. The Hall–Kier alpha value is -3.44. The molecule has 3 aromatic heterocycles. The molecule has 0 atom stereocenters. The van der Waals surface area contributed by atoms with Gasteiger partial charge in [-0.3, -0.25) is 4.79 Å². The topological polar surface area (TPSA) is 110 Å². The molecule has 2 fully saturated rings. The van der Waals surface area contributed by atoms with E-state index in [0.717, 1.165) is 67.7 Å². The third kappa shape index (κ3) is 4.37. The first kappa shape index (κ1) is 23.3. The third-order valence-corrected chi connectivity index (χ3v) is 7.76. The van der Waals surface area contributed by atoms with Crippen molar-refractivity contribution >= 4 is 17.1 Å². The molecule has 0 unspecified atom stereocenters. The van der Waals surface area contributed by atoms with Crippen molar-refractivity contribution in [1.29, 1.82) is 5.26 Å². The lowest BCUT2D eigenvalue weighted by molar-refractivity contribution is -0.129. The highest BCUT2D eigenvalue weighted by Gasteiger charge is 2.43. The minimum absolute atomic E-state index is 0.00346. The highest BCUT2D eigenvalue weighted by molar-refractivity contribution is 5.89. The summed E-state index contributed by atoms with van der Waals surface area (Å²) in [6, 6.07) is 8.23. The molecule has 2 N–H and O–H groups in total. The number of fused-ring (bicyclic) bond motifs is 1. The fourth-order valence-corrected chi connectivity index (χ4v) is 5.23. The monoisotopic (exact) mass is 472 g/mol. The Labute approximate surface area is 205 Å². The van der Waals surface area contributed by atoms with Crippen molar-refractivity contribution in [1.82, 2.24) is 14.6 Å². The SMILES string of the molecule is CCOc1cc(-c2ccc(N3CCC(C)(CC(=O)C4(N)CCC4)CC3)nc2)c2c(C#N)cnn2c1. The van der Waals surface area contributed by atoms with Crippen LogP contribution in [0.25, 0.3) is 16.6 Å². The van der Waals surface area contributed by atoms with E-state index < -0.39 is 5.54 Å². The van der Waals surface area contributed by atoms with E-state index in [9.17, 15) is 10.1 Å². The van der Waals surface area contributed by atoms with Crippen molar-refractivity contribution in [3.05, 3.63) is 42.4 Å². The summed E-state index contributed by atoms with van der Waals surface area (Å²) in [5, 5.41) is 13.9. The number of carbonyl (C=O) groups excluding carboxylic acids is 1. The smallest absolute Gasteiger partial charge is 0.153 e. The van der Waals surface area contributed by atoms with Crippen LogP contribution in [-0.2, 0) is 4.79 Å². The predicted octanol–water partition coefficient (Wildman–Crippen LogP) is 4.11. The van der Waals surface area contributed by atoms with Crippen LogP contribution >= 0.6 is 0 Å². The molecule has 1 saturated carbocycles. The fourth-order valence-electron chi connectivity index (χ4n) is 5.23. The van der Waals surface area contributed by atoms with E-state index in [1.165, 1.54) is 0 Å². The summed E-state index contributed by atoms with van der Waals surface area (Å²) in [5.74, 6) is 1.85. The van der Waals surface area contributed by atoms with Crippen LogP contribution in [-0.4, -0.2) is 45.6 Å². The Kier molecular flexibility index (Phi) is 5.97. The first-order chi connectivity index (χ1) is 16.8. The van der Waals surface area contributed by atoms with Crippen LogP contribution in [0.3, 0.4) is 0 Å². The second-order valence-electron chi connectivity index (χ2n) is 10.3. The van der Waals surface area contributed by atoms with E-state index in [-0.39, 0.29) is 11.2 Å². The molecule has 0 radical (unpaired) electrons. The molecule has 2 aliphatic rings. The average Bonchev–Trinajstić information content (AvgIpc) is 3.26. The largest absolute Gasteiger partial charge is 0.492 e. The van der Waals surface area contributed by atoms with Gasteiger partial charge in [0.1, 0.15) is 17.6 Å². The van der Waals surface area contributed by atoms with Gasteiger partial charge < -0.3 is 15.4 Å². The van der Waals surface area contributed by atoms with Gasteiger partial charge in [0.2, 0.25) is 0 Å². The molecule has 3 aromatic rings. The molecule has 35 heavy (non-hydrogen) atoms. The summed E-state index contributed by atoms with van der Waals surface area (Å²) in [6.07, 6.45) is 10.4. The third-order valence-electron chi connectivity index (χ3n) is 7.76. The van der Waals surface area contributed by atoms with Gasteiger partial charge in [-0.25, -0.2) is 9.50 Å². The van der Waals surface area contributed by atoms with Gasteiger partial charge >= 0.3 is 0 Å². The van der Waals surface area contributed by atoms with Crippen LogP contribution in [0.15, 0.2) is 36.8 Å². The number of Topliss-reactive ketones (excluding diaryl/α,β-unsaturated/α-hetero) is 1. The van der Waals surface area contributed by atoms with Crippen molar-refractivity contribution in [2.24, 2.45) is 11.1 Å². The molecular weight excluding hydrogens is 440 g/mol. The zero-order valence-corrected chi connectivity index (χ0v) is 20.5. The van der Waals surface area contributed by atoms with Gasteiger partial charge in [0, 0.05) is 36.8 Å². The van der Waals surface area contributed by atoms with Gasteiger partial charge in [0.25, 0.3) is 0 Å². The van der Waals surface area contributed by atoms with E-state index in [1.807, 2.05) is 31.3 Å². The first-order valence-corrected chi connectivity index (χ1v) is 12.4. The molecule has 1 saturated heterocycles. The summed E-state index contributed by atoms with van der Waals surface area (Å²) in [5.41, 5.74) is 8.72. The molecule has 0 aromatic carbocycles. The molecule has 8 nitrogen and oxygen atoms in total. The Morgan fingerprint density at radius 1 is 1.23 bits per heavy atom. The number of nitrogens with zero attached hydrogens (tertiary/aromatic N) is 5. The van der Waals surface area contributed by atoms with Gasteiger partial charge in [0.05, 0.1) is 35.6 Å². The quantitative estimate of drug-likeness (QED) is 0.551. The number of ether oxygens (including phenoxy) is 1. The van der Waals surface area contributed by atoms with Crippen LogP contribution in [0.4, 0.5) is 5.82 Å². The molecular formula is C27H32N6O2. The predicted molar refractivity (Wildman–Crippen MR) is 134 cm³/mol. The Bertz CT molecular complexity index is 1280. The zero-order valence-electron chi connectivity index (χ0n) is 20.5. The van der Waals surface area contributed by atoms with Crippen LogP contribution in [0.1, 0.15) is 57.9 Å². The molecule has 5 rings (SSSR count). The van der Waals surface area contributed by atoms with Crippen molar-refractivity contribution in [3.8, 4) is 22.9 Å². The summed E-state index contributed by atoms with van der Waals surface area (Å²) < 4.78 is 7.40. The number of carbonyl (C=O) groups is 1. The molecule has 182 valence electrons. The number of hydrogen-bond acceptors (Lipinski definition) is 7. The average molecular weight is 473 g/mol. The second kappa shape index (κ2) is 8.97.